The predicted octanol–water partition coefficient (Wildman–Crippen LogP) is -0.432. The van der Waals surface area contributed by atoms with Crippen LogP contribution in [-0.2, 0) is 6.54 Å². The van der Waals surface area contributed by atoms with Gasteiger partial charge in [-0.25, -0.2) is 0 Å². The van der Waals surface area contributed by atoms with E-state index in [-0.39, 0.29) is 18.2 Å². The van der Waals surface area contributed by atoms with E-state index >= 15 is 0 Å². The molecule has 0 saturated heterocycles. The Morgan fingerprint density at radius 1 is 1.15 bits per heavy atom. The summed E-state index contributed by atoms with van der Waals surface area (Å²) >= 11 is 0. The zero-order valence-electron chi connectivity index (χ0n) is 11.7. The Morgan fingerprint density at radius 3 is 2.45 bits per heavy atom. The second-order valence-electron chi connectivity index (χ2n) is 4.35. The average molecular weight is 292 g/mol. The predicted molar refractivity (Wildman–Crippen MR) is 73.3 cm³/mol. The van der Waals surface area contributed by atoms with Crippen molar-refractivity contribution in [1.29, 1.82) is 0 Å². The molecule has 4 heteroatoms. The fourth-order valence-electron chi connectivity index (χ4n) is 1.89. The SMILES string of the molecule is CCOc1ccc(C(=O)C[n+]2ccccc2C)cc1.[Cl-]. The van der Waals surface area contributed by atoms with Crippen LogP contribution in [0.25, 0.3) is 0 Å². The van der Waals surface area contributed by atoms with Crippen molar-refractivity contribution in [2.24, 2.45) is 0 Å². The third-order valence-electron chi connectivity index (χ3n) is 2.97. The molecule has 1 aromatic carbocycles. The summed E-state index contributed by atoms with van der Waals surface area (Å²) in [4.78, 5) is 12.2. The van der Waals surface area contributed by atoms with Crippen LogP contribution in [0.3, 0.4) is 0 Å². The van der Waals surface area contributed by atoms with Crippen molar-refractivity contribution in [3.8, 4) is 5.75 Å². The number of aromatic nitrogens is 1. The van der Waals surface area contributed by atoms with Crippen molar-refractivity contribution in [1.82, 2.24) is 0 Å². The number of nitrogens with zero attached hydrogens (tertiary/aromatic N) is 1. The maximum absolute atomic E-state index is 12.2. The number of hydrogen-bond donors (Lipinski definition) is 0. The number of hydrogen-bond acceptors (Lipinski definition) is 2. The van der Waals surface area contributed by atoms with E-state index in [2.05, 4.69) is 0 Å². The summed E-state index contributed by atoms with van der Waals surface area (Å²) in [6.45, 7) is 4.92. The molecule has 0 N–H and O–H groups in total. The van der Waals surface area contributed by atoms with Crippen molar-refractivity contribution in [3.05, 3.63) is 59.9 Å². The van der Waals surface area contributed by atoms with Gasteiger partial charge < -0.3 is 17.1 Å². The maximum atomic E-state index is 12.2. The van der Waals surface area contributed by atoms with Crippen LogP contribution in [0, 0.1) is 6.92 Å². The zero-order valence-corrected chi connectivity index (χ0v) is 12.4. The van der Waals surface area contributed by atoms with Crippen LogP contribution in [0.4, 0.5) is 0 Å². The average Bonchev–Trinajstić information content (AvgIpc) is 2.42. The molecule has 0 atom stereocenters. The van der Waals surface area contributed by atoms with Gasteiger partial charge in [0.1, 0.15) is 5.75 Å². The molecule has 106 valence electrons. The Bertz CT molecular complexity index is 567. The summed E-state index contributed by atoms with van der Waals surface area (Å²) in [5.74, 6) is 0.893. The second kappa shape index (κ2) is 7.65. The highest BCUT2D eigenvalue weighted by Crippen LogP contribution is 2.12. The normalized spacial score (nSPS) is 9.70. The quantitative estimate of drug-likeness (QED) is 0.553. The molecule has 0 aliphatic heterocycles. The summed E-state index contributed by atoms with van der Waals surface area (Å²) < 4.78 is 7.30. The summed E-state index contributed by atoms with van der Waals surface area (Å²) in [5, 5.41) is 0. The van der Waals surface area contributed by atoms with Crippen LogP contribution in [-0.4, -0.2) is 12.4 Å². The van der Waals surface area contributed by atoms with Gasteiger partial charge in [0.2, 0.25) is 12.3 Å². The van der Waals surface area contributed by atoms with Gasteiger partial charge in [-0.2, -0.15) is 4.57 Å². The molecule has 0 radical (unpaired) electrons. The van der Waals surface area contributed by atoms with E-state index in [0.29, 0.717) is 18.7 Å². The first-order valence-electron chi connectivity index (χ1n) is 6.42. The summed E-state index contributed by atoms with van der Waals surface area (Å²) in [6, 6.07) is 13.2. The summed E-state index contributed by atoms with van der Waals surface area (Å²) in [7, 11) is 0. The highest BCUT2D eigenvalue weighted by Gasteiger charge is 2.13. The fourth-order valence-corrected chi connectivity index (χ4v) is 1.89. The van der Waals surface area contributed by atoms with Gasteiger partial charge in [0.05, 0.1) is 6.61 Å². The van der Waals surface area contributed by atoms with Crippen molar-refractivity contribution in [3.63, 3.8) is 0 Å². The summed E-state index contributed by atoms with van der Waals surface area (Å²) in [5.41, 5.74) is 1.78. The van der Waals surface area contributed by atoms with Gasteiger partial charge >= 0.3 is 0 Å². The van der Waals surface area contributed by atoms with Gasteiger partial charge in [0, 0.05) is 24.6 Å². The molecule has 0 bridgehead atoms. The Labute approximate surface area is 125 Å². The van der Waals surface area contributed by atoms with E-state index in [1.807, 2.05) is 67.1 Å². The molecule has 2 rings (SSSR count). The standard InChI is InChI=1S/C16H18NO2.ClH/c1-3-19-15-9-7-14(8-10-15)16(18)12-17-11-5-4-6-13(17)2;/h4-11H,3,12H2,1-2H3;1H/q+1;/p-1. The molecule has 0 unspecified atom stereocenters. The third kappa shape index (κ3) is 4.07. The van der Waals surface area contributed by atoms with Crippen LogP contribution < -0.4 is 21.7 Å². The lowest BCUT2D eigenvalue weighted by atomic mass is 10.1. The van der Waals surface area contributed by atoms with Crippen LogP contribution in [0.15, 0.2) is 48.7 Å². The number of rotatable bonds is 5. The molecule has 20 heavy (non-hydrogen) atoms. The topological polar surface area (TPSA) is 30.2 Å². The van der Waals surface area contributed by atoms with Crippen LogP contribution in [0.1, 0.15) is 23.0 Å². The van der Waals surface area contributed by atoms with Crippen LogP contribution >= 0.6 is 0 Å². The summed E-state index contributed by atoms with van der Waals surface area (Å²) in [6.07, 6.45) is 1.92. The molecule has 0 aliphatic carbocycles. The smallest absolute Gasteiger partial charge is 0.227 e. The van der Waals surface area contributed by atoms with Crippen LogP contribution in [0.5, 0.6) is 5.75 Å². The van der Waals surface area contributed by atoms with Crippen LogP contribution in [0.2, 0.25) is 0 Å². The molecule has 0 fully saturated rings. The molecular formula is C16H18ClNO2. The van der Waals surface area contributed by atoms with E-state index in [1.54, 1.807) is 0 Å². The molecule has 2 aromatic rings. The first kappa shape index (κ1) is 16.2. The molecular weight excluding hydrogens is 274 g/mol. The van der Waals surface area contributed by atoms with E-state index in [1.165, 1.54) is 0 Å². The Hall–Kier alpha value is -1.87. The largest absolute Gasteiger partial charge is 1.00 e. The molecule has 0 spiro atoms. The van der Waals surface area contributed by atoms with Gasteiger partial charge in [-0.3, -0.25) is 4.79 Å². The van der Waals surface area contributed by atoms with E-state index in [9.17, 15) is 4.79 Å². The van der Waals surface area contributed by atoms with E-state index in [0.717, 1.165) is 11.4 Å². The van der Waals surface area contributed by atoms with E-state index < -0.39 is 0 Å². The van der Waals surface area contributed by atoms with Crippen molar-refractivity contribution in [2.45, 2.75) is 20.4 Å². The van der Waals surface area contributed by atoms with Gasteiger partial charge in [-0.1, -0.05) is 6.07 Å². The van der Waals surface area contributed by atoms with Gasteiger partial charge in [0.15, 0.2) is 11.9 Å². The zero-order chi connectivity index (χ0) is 13.7. The van der Waals surface area contributed by atoms with Crippen molar-refractivity contribution >= 4 is 5.78 Å². The maximum Gasteiger partial charge on any atom is 0.227 e. The van der Waals surface area contributed by atoms with E-state index in [4.69, 9.17) is 4.74 Å². The number of halogens is 1. The number of Topliss-reactive ketones (excluding diaryl/α,β-unsaturated/α-hetero) is 1. The monoisotopic (exact) mass is 291 g/mol. The number of ether oxygens (including phenoxy) is 1. The van der Waals surface area contributed by atoms with Gasteiger partial charge in [-0.15, -0.1) is 0 Å². The van der Waals surface area contributed by atoms with Gasteiger partial charge in [-0.05, 0) is 31.2 Å². The fraction of sp³-hybridized carbons (Fsp3) is 0.250. The molecule has 0 saturated carbocycles. The van der Waals surface area contributed by atoms with Crippen molar-refractivity contribution < 1.29 is 26.5 Å². The number of aryl methyl sites for hydroxylation is 1. The van der Waals surface area contributed by atoms with Gasteiger partial charge in [0.25, 0.3) is 0 Å². The number of benzene rings is 1. The number of ketones is 1. The number of pyridine rings is 1. The third-order valence-corrected chi connectivity index (χ3v) is 2.97. The van der Waals surface area contributed by atoms with Crippen molar-refractivity contribution in [2.75, 3.05) is 6.61 Å². The minimum Gasteiger partial charge on any atom is -1.00 e. The minimum atomic E-state index is 0. The Balaban J connectivity index is 0.00000200. The minimum absolute atomic E-state index is 0. The molecule has 1 heterocycles. The Kier molecular flexibility index (Phi) is 6.19. The highest BCUT2D eigenvalue weighted by atomic mass is 35.5. The Morgan fingerprint density at radius 2 is 1.85 bits per heavy atom. The lowest BCUT2D eigenvalue weighted by Crippen LogP contribution is -3.00. The molecule has 3 nitrogen and oxygen atoms in total. The molecule has 0 amide bonds. The number of carbonyl (C=O) groups excluding carboxylic acids is 1. The first-order valence-corrected chi connectivity index (χ1v) is 6.42. The molecule has 0 aliphatic rings. The lowest BCUT2D eigenvalue weighted by Gasteiger charge is -2.04. The highest BCUT2D eigenvalue weighted by molar-refractivity contribution is 5.95. The molecule has 1 aromatic heterocycles. The first-order chi connectivity index (χ1) is 9.20. The lowest BCUT2D eigenvalue weighted by molar-refractivity contribution is -0.689. The second-order valence-corrected chi connectivity index (χ2v) is 4.35. The number of carbonyl (C=O) groups is 1.